The number of thiophene rings is 1. The first-order valence-electron chi connectivity index (χ1n) is 6.21. The zero-order valence-electron chi connectivity index (χ0n) is 11.3. The fourth-order valence-corrected chi connectivity index (χ4v) is 5.35. The number of halogens is 1. The molecule has 2 rings (SSSR count). The van der Waals surface area contributed by atoms with Crippen LogP contribution >= 0.6 is 27.3 Å². The van der Waals surface area contributed by atoms with E-state index in [0.717, 1.165) is 4.88 Å². The van der Waals surface area contributed by atoms with Crippen LogP contribution in [0.1, 0.15) is 11.8 Å². The lowest BCUT2D eigenvalue weighted by atomic mass is 10.3. The van der Waals surface area contributed by atoms with E-state index >= 15 is 0 Å². The molecule has 1 heterocycles. The zero-order chi connectivity index (χ0) is 15.5. The van der Waals surface area contributed by atoms with Gasteiger partial charge in [-0.1, -0.05) is 12.1 Å². The standard InChI is InChI=1S/C13H15BrN2O3S2/c1-2-19-11-6-4-3-5-10(11)16-21(17,18)12-7-9(8-15)20-13(12)14/h3-7,16H,2,8,15H2,1H3. The molecule has 0 amide bonds. The van der Waals surface area contributed by atoms with Crippen molar-refractivity contribution < 1.29 is 13.2 Å². The molecule has 8 heteroatoms. The van der Waals surface area contributed by atoms with Gasteiger partial charge in [-0.3, -0.25) is 4.72 Å². The van der Waals surface area contributed by atoms with Crippen molar-refractivity contribution in [2.45, 2.75) is 18.4 Å². The molecule has 0 aliphatic carbocycles. The summed E-state index contributed by atoms with van der Waals surface area (Å²) in [4.78, 5) is 0.972. The first kappa shape index (κ1) is 16.3. The number of para-hydroxylation sites is 2. The van der Waals surface area contributed by atoms with Crippen LogP contribution in [-0.2, 0) is 16.6 Å². The molecule has 0 aliphatic heterocycles. The molecule has 21 heavy (non-hydrogen) atoms. The second-order valence-corrected chi connectivity index (χ2v) is 8.19. The van der Waals surface area contributed by atoms with Crippen LogP contribution in [0.4, 0.5) is 5.69 Å². The molecule has 0 radical (unpaired) electrons. The van der Waals surface area contributed by atoms with Crippen molar-refractivity contribution >= 4 is 43.0 Å². The van der Waals surface area contributed by atoms with Crippen LogP contribution in [-0.4, -0.2) is 15.0 Å². The predicted octanol–water partition coefficient (Wildman–Crippen LogP) is 3.17. The number of anilines is 1. The number of hydrogen-bond donors (Lipinski definition) is 2. The van der Waals surface area contributed by atoms with Crippen LogP contribution in [0.5, 0.6) is 5.75 Å². The fraction of sp³-hybridized carbons (Fsp3) is 0.231. The van der Waals surface area contributed by atoms with E-state index in [1.165, 1.54) is 11.3 Å². The summed E-state index contributed by atoms with van der Waals surface area (Å²) in [5.41, 5.74) is 5.95. The Morgan fingerprint density at radius 2 is 2.10 bits per heavy atom. The van der Waals surface area contributed by atoms with Crippen LogP contribution in [0.25, 0.3) is 0 Å². The largest absolute Gasteiger partial charge is 0.492 e. The molecule has 0 atom stereocenters. The molecule has 0 aliphatic rings. The van der Waals surface area contributed by atoms with Crippen molar-refractivity contribution in [3.63, 3.8) is 0 Å². The summed E-state index contributed by atoms with van der Waals surface area (Å²) in [6, 6.07) is 8.48. The van der Waals surface area contributed by atoms with Crippen molar-refractivity contribution in [1.29, 1.82) is 0 Å². The lowest BCUT2D eigenvalue weighted by molar-refractivity contribution is 0.342. The molecular formula is C13H15BrN2O3S2. The topological polar surface area (TPSA) is 81.4 Å². The van der Waals surface area contributed by atoms with Crippen LogP contribution < -0.4 is 15.2 Å². The molecule has 0 saturated carbocycles. The summed E-state index contributed by atoms with van der Waals surface area (Å²) in [6.45, 7) is 2.60. The second-order valence-electron chi connectivity index (χ2n) is 4.09. The summed E-state index contributed by atoms with van der Waals surface area (Å²) >= 11 is 4.58. The maximum Gasteiger partial charge on any atom is 0.264 e. The number of sulfonamides is 1. The predicted molar refractivity (Wildman–Crippen MR) is 88.3 cm³/mol. The molecule has 5 nitrogen and oxygen atoms in total. The Morgan fingerprint density at radius 1 is 1.38 bits per heavy atom. The van der Waals surface area contributed by atoms with E-state index in [2.05, 4.69) is 20.7 Å². The van der Waals surface area contributed by atoms with Crippen LogP contribution in [0, 0.1) is 0 Å². The molecule has 1 aromatic heterocycles. The molecule has 2 aromatic rings. The monoisotopic (exact) mass is 390 g/mol. The third-order valence-electron chi connectivity index (χ3n) is 2.63. The summed E-state index contributed by atoms with van der Waals surface area (Å²) in [5.74, 6) is 0.494. The van der Waals surface area contributed by atoms with E-state index in [1.807, 2.05) is 6.92 Å². The Morgan fingerprint density at radius 3 is 2.71 bits per heavy atom. The van der Waals surface area contributed by atoms with Gasteiger partial charge in [-0.2, -0.15) is 0 Å². The first-order chi connectivity index (χ1) is 9.97. The minimum Gasteiger partial charge on any atom is -0.492 e. The highest BCUT2D eigenvalue weighted by Crippen LogP contribution is 2.34. The number of nitrogens with one attached hydrogen (secondary N) is 1. The highest BCUT2D eigenvalue weighted by molar-refractivity contribution is 9.11. The van der Waals surface area contributed by atoms with Gasteiger partial charge in [0.1, 0.15) is 10.6 Å². The van der Waals surface area contributed by atoms with Crippen molar-refractivity contribution in [1.82, 2.24) is 0 Å². The van der Waals surface area contributed by atoms with Gasteiger partial charge in [0.25, 0.3) is 10.0 Å². The third-order valence-corrected chi connectivity index (χ3v) is 6.27. The molecular weight excluding hydrogens is 376 g/mol. The fourth-order valence-electron chi connectivity index (χ4n) is 1.71. The molecule has 114 valence electrons. The normalized spacial score (nSPS) is 11.4. The van der Waals surface area contributed by atoms with Gasteiger partial charge in [0.05, 0.1) is 16.1 Å². The summed E-state index contributed by atoms with van der Waals surface area (Å²) in [6.07, 6.45) is 0. The van der Waals surface area contributed by atoms with E-state index in [0.29, 0.717) is 28.4 Å². The highest BCUT2D eigenvalue weighted by Gasteiger charge is 2.22. The van der Waals surface area contributed by atoms with Gasteiger partial charge < -0.3 is 10.5 Å². The lowest BCUT2D eigenvalue weighted by Gasteiger charge is -2.12. The number of ether oxygens (including phenoxy) is 1. The second kappa shape index (κ2) is 6.78. The summed E-state index contributed by atoms with van der Waals surface area (Å²) in [5, 5.41) is 0. The molecule has 1 aromatic carbocycles. The van der Waals surface area contributed by atoms with E-state index in [9.17, 15) is 8.42 Å². The van der Waals surface area contributed by atoms with Crippen molar-refractivity contribution in [2.24, 2.45) is 5.73 Å². The summed E-state index contributed by atoms with van der Waals surface area (Å²) < 4.78 is 33.5. The quantitative estimate of drug-likeness (QED) is 0.793. The summed E-state index contributed by atoms with van der Waals surface area (Å²) in [7, 11) is -3.70. The van der Waals surface area contributed by atoms with Gasteiger partial charge >= 0.3 is 0 Å². The number of benzene rings is 1. The number of nitrogens with two attached hydrogens (primary N) is 1. The molecule has 0 fully saturated rings. The Hall–Kier alpha value is -1.09. The van der Waals surface area contributed by atoms with E-state index in [4.69, 9.17) is 10.5 Å². The van der Waals surface area contributed by atoms with Crippen LogP contribution in [0.2, 0.25) is 0 Å². The Kier molecular flexibility index (Phi) is 5.26. The van der Waals surface area contributed by atoms with Gasteiger partial charge in [0.2, 0.25) is 0 Å². The van der Waals surface area contributed by atoms with Gasteiger partial charge in [-0.05, 0) is 41.1 Å². The molecule has 0 bridgehead atoms. The smallest absolute Gasteiger partial charge is 0.264 e. The van der Waals surface area contributed by atoms with Crippen molar-refractivity contribution in [2.75, 3.05) is 11.3 Å². The minimum absolute atomic E-state index is 0.180. The molecule has 0 spiro atoms. The van der Waals surface area contributed by atoms with Gasteiger partial charge in [-0.25, -0.2) is 8.42 Å². The Bertz CT molecular complexity index is 729. The van der Waals surface area contributed by atoms with Crippen molar-refractivity contribution in [3.05, 3.63) is 39.0 Å². The van der Waals surface area contributed by atoms with Gasteiger partial charge in [0, 0.05) is 11.4 Å². The highest BCUT2D eigenvalue weighted by atomic mass is 79.9. The average molecular weight is 391 g/mol. The van der Waals surface area contributed by atoms with Crippen LogP contribution in [0.15, 0.2) is 39.0 Å². The molecule has 0 unspecified atom stereocenters. The minimum atomic E-state index is -3.70. The third kappa shape index (κ3) is 3.76. The maximum atomic E-state index is 12.5. The van der Waals surface area contributed by atoms with E-state index < -0.39 is 10.0 Å². The Labute approximate surface area is 136 Å². The Balaban J connectivity index is 2.35. The number of hydrogen-bond acceptors (Lipinski definition) is 5. The molecule has 0 saturated heterocycles. The average Bonchev–Trinajstić information content (AvgIpc) is 2.83. The van der Waals surface area contributed by atoms with E-state index in [-0.39, 0.29) is 4.90 Å². The van der Waals surface area contributed by atoms with Crippen LogP contribution in [0.3, 0.4) is 0 Å². The number of rotatable bonds is 6. The first-order valence-corrected chi connectivity index (χ1v) is 9.30. The van der Waals surface area contributed by atoms with Crippen molar-refractivity contribution in [3.8, 4) is 5.75 Å². The van der Waals surface area contributed by atoms with Gasteiger partial charge in [0.15, 0.2) is 0 Å². The maximum absolute atomic E-state index is 12.5. The SMILES string of the molecule is CCOc1ccccc1NS(=O)(=O)c1cc(CN)sc1Br. The van der Waals surface area contributed by atoms with Gasteiger partial charge in [-0.15, -0.1) is 11.3 Å². The van der Waals surface area contributed by atoms with E-state index in [1.54, 1.807) is 30.3 Å². The lowest BCUT2D eigenvalue weighted by Crippen LogP contribution is -2.13. The zero-order valence-corrected chi connectivity index (χ0v) is 14.5. The molecule has 3 N–H and O–H groups in total.